The third-order valence-corrected chi connectivity index (χ3v) is 6.77. The van der Waals surface area contributed by atoms with E-state index in [1.54, 1.807) is 35.2 Å². The van der Waals surface area contributed by atoms with Crippen LogP contribution in [0.25, 0.3) is 11.0 Å². The number of halogens is 2. The number of H-pyrrole nitrogens is 1. The van der Waals surface area contributed by atoms with Crippen LogP contribution in [0.15, 0.2) is 53.4 Å². The fourth-order valence-corrected chi connectivity index (χ4v) is 4.76. The molecule has 1 amide bonds. The largest absolute Gasteiger partial charge is 0.337 e. The number of nitrogens with zero attached hydrogens (tertiary/aromatic N) is 3. The van der Waals surface area contributed by atoms with Crippen LogP contribution in [0.2, 0.25) is 0 Å². The maximum atomic E-state index is 12.8. The number of fused-ring (bicyclic) bond motifs is 1. The molecule has 0 radical (unpaired) electrons. The minimum absolute atomic E-state index is 0.185. The summed E-state index contributed by atoms with van der Waals surface area (Å²) in [5, 5.41) is 0. The van der Waals surface area contributed by atoms with Gasteiger partial charge in [-0.3, -0.25) is 4.79 Å². The molecule has 1 N–H and O–H groups in total. The zero-order chi connectivity index (χ0) is 20.6. The lowest BCUT2D eigenvalue weighted by atomic mass is 10.1. The fourth-order valence-electron chi connectivity index (χ4n) is 3.32. The number of aromatic amines is 1. The first-order valence-corrected chi connectivity index (χ1v) is 10.4. The van der Waals surface area contributed by atoms with Gasteiger partial charge in [-0.1, -0.05) is 18.2 Å². The highest BCUT2D eigenvalue weighted by atomic mass is 32.2. The number of piperazine rings is 1. The number of nitrogens with one attached hydrogen (secondary N) is 1. The van der Waals surface area contributed by atoms with Crippen LogP contribution in [-0.2, 0) is 10.0 Å². The number of hydrogen-bond acceptors (Lipinski definition) is 4. The van der Waals surface area contributed by atoms with Crippen LogP contribution in [0, 0.1) is 0 Å². The molecule has 29 heavy (non-hydrogen) atoms. The minimum atomic E-state index is -3.60. The number of carbonyl (C=O) groups excluding carboxylic acids is 1. The number of aromatic nitrogens is 2. The number of imidazole rings is 1. The predicted molar refractivity (Wildman–Crippen MR) is 102 cm³/mol. The van der Waals surface area contributed by atoms with Crippen LogP contribution in [0.3, 0.4) is 0 Å². The van der Waals surface area contributed by atoms with Gasteiger partial charge >= 0.3 is 0 Å². The Balaban J connectivity index is 1.47. The summed E-state index contributed by atoms with van der Waals surface area (Å²) in [6.07, 6.45) is -2.72. The van der Waals surface area contributed by atoms with Gasteiger partial charge in [-0.2, -0.15) is 4.31 Å². The molecular weight excluding hydrogens is 402 g/mol. The summed E-state index contributed by atoms with van der Waals surface area (Å²) in [4.78, 5) is 20.9. The third kappa shape index (κ3) is 3.73. The number of rotatable bonds is 4. The Kier molecular flexibility index (Phi) is 5.05. The Morgan fingerprint density at radius 3 is 2.38 bits per heavy atom. The fraction of sp³-hybridized carbons (Fsp3) is 0.263. The van der Waals surface area contributed by atoms with Gasteiger partial charge < -0.3 is 9.88 Å². The SMILES string of the molecule is O=C(c1ccc2nc(C(F)F)[nH]c2c1)N1CCN(S(=O)(=O)c2ccccc2)CC1. The molecule has 0 aliphatic carbocycles. The first-order valence-electron chi connectivity index (χ1n) is 8.98. The molecule has 0 atom stereocenters. The van der Waals surface area contributed by atoms with Crippen LogP contribution in [0.5, 0.6) is 0 Å². The van der Waals surface area contributed by atoms with E-state index in [1.807, 2.05) is 0 Å². The second-order valence-electron chi connectivity index (χ2n) is 6.66. The van der Waals surface area contributed by atoms with Crippen molar-refractivity contribution in [1.82, 2.24) is 19.2 Å². The third-order valence-electron chi connectivity index (χ3n) is 4.86. The van der Waals surface area contributed by atoms with E-state index in [9.17, 15) is 22.0 Å². The molecule has 0 spiro atoms. The van der Waals surface area contributed by atoms with E-state index < -0.39 is 22.3 Å². The number of amides is 1. The number of alkyl halides is 2. The van der Waals surface area contributed by atoms with E-state index >= 15 is 0 Å². The van der Waals surface area contributed by atoms with Crippen LogP contribution in [-0.4, -0.2) is 59.7 Å². The summed E-state index contributed by atoms with van der Waals surface area (Å²) in [6.45, 7) is 0.859. The molecule has 0 saturated carbocycles. The summed E-state index contributed by atoms with van der Waals surface area (Å²) in [5.74, 6) is -0.721. The Bertz CT molecular complexity index is 1140. The highest BCUT2D eigenvalue weighted by Gasteiger charge is 2.30. The van der Waals surface area contributed by atoms with E-state index in [4.69, 9.17) is 0 Å². The summed E-state index contributed by atoms with van der Waals surface area (Å²) in [5.41, 5.74) is 1.05. The van der Waals surface area contributed by atoms with E-state index in [-0.39, 0.29) is 37.0 Å². The summed E-state index contributed by atoms with van der Waals surface area (Å²) >= 11 is 0. The normalized spacial score (nSPS) is 15.9. The molecule has 7 nitrogen and oxygen atoms in total. The number of benzene rings is 2. The van der Waals surface area contributed by atoms with E-state index in [2.05, 4.69) is 9.97 Å². The second kappa shape index (κ2) is 7.53. The Hall–Kier alpha value is -2.85. The van der Waals surface area contributed by atoms with Gasteiger partial charge in [0.15, 0.2) is 5.82 Å². The first-order chi connectivity index (χ1) is 13.9. The summed E-state index contributed by atoms with van der Waals surface area (Å²) in [6, 6.07) is 12.7. The standard InChI is InChI=1S/C19H18F2N4O3S/c20-17(21)18-22-15-7-6-13(12-16(15)23-18)19(26)24-8-10-25(11-9-24)29(27,28)14-4-2-1-3-5-14/h1-7,12,17H,8-11H2,(H,22,23). The van der Waals surface area contributed by atoms with Gasteiger partial charge in [-0.15, -0.1) is 0 Å². The highest BCUT2D eigenvalue weighted by Crippen LogP contribution is 2.22. The monoisotopic (exact) mass is 420 g/mol. The van der Waals surface area contributed by atoms with Gasteiger partial charge in [0.1, 0.15) is 0 Å². The van der Waals surface area contributed by atoms with Crippen molar-refractivity contribution in [2.45, 2.75) is 11.3 Å². The van der Waals surface area contributed by atoms with Crippen LogP contribution in [0.4, 0.5) is 8.78 Å². The molecule has 1 aliphatic rings. The number of carbonyl (C=O) groups is 1. The molecule has 4 rings (SSSR count). The molecule has 1 saturated heterocycles. The molecule has 1 aromatic heterocycles. The second-order valence-corrected chi connectivity index (χ2v) is 8.60. The molecule has 0 bridgehead atoms. The van der Waals surface area contributed by atoms with E-state index in [0.29, 0.717) is 16.6 Å². The average molecular weight is 420 g/mol. The summed E-state index contributed by atoms with van der Waals surface area (Å²) < 4.78 is 52.3. The topological polar surface area (TPSA) is 86.4 Å². The lowest BCUT2D eigenvalue weighted by molar-refractivity contribution is 0.0698. The van der Waals surface area contributed by atoms with Gasteiger partial charge in [0.05, 0.1) is 15.9 Å². The van der Waals surface area contributed by atoms with Crippen molar-refractivity contribution >= 4 is 27.0 Å². The zero-order valence-electron chi connectivity index (χ0n) is 15.3. The lowest BCUT2D eigenvalue weighted by Crippen LogP contribution is -2.50. The lowest BCUT2D eigenvalue weighted by Gasteiger charge is -2.34. The van der Waals surface area contributed by atoms with Gasteiger partial charge in [0, 0.05) is 31.7 Å². The van der Waals surface area contributed by atoms with Crippen molar-refractivity contribution < 1.29 is 22.0 Å². The van der Waals surface area contributed by atoms with Gasteiger partial charge in [-0.25, -0.2) is 22.2 Å². The number of hydrogen-bond donors (Lipinski definition) is 1. The van der Waals surface area contributed by atoms with Crippen molar-refractivity contribution in [3.05, 3.63) is 59.9 Å². The molecule has 10 heteroatoms. The minimum Gasteiger partial charge on any atom is -0.337 e. The Morgan fingerprint density at radius 2 is 1.72 bits per heavy atom. The smallest absolute Gasteiger partial charge is 0.295 e. The molecule has 2 heterocycles. The molecule has 2 aromatic carbocycles. The maximum Gasteiger partial charge on any atom is 0.295 e. The van der Waals surface area contributed by atoms with Crippen molar-refractivity contribution in [2.75, 3.05) is 26.2 Å². The van der Waals surface area contributed by atoms with Crippen molar-refractivity contribution in [1.29, 1.82) is 0 Å². The molecule has 1 fully saturated rings. The predicted octanol–water partition coefficient (Wildman–Crippen LogP) is 2.65. The Labute approximate surface area is 166 Å². The van der Waals surface area contributed by atoms with Crippen molar-refractivity contribution in [3.63, 3.8) is 0 Å². The molecule has 152 valence electrons. The molecule has 0 unspecified atom stereocenters. The average Bonchev–Trinajstić information content (AvgIpc) is 3.18. The molecule has 1 aliphatic heterocycles. The van der Waals surface area contributed by atoms with E-state index in [0.717, 1.165) is 0 Å². The quantitative estimate of drug-likeness (QED) is 0.703. The van der Waals surface area contributed by atoms with Crippen molar-refractivity contribution in [2.24, 2.45) is 0 Å². The van der Waals surface area contributed by atoms with Crippen LogP contribution in [0.1, 0.15) is 22.6 Å². The molecular formula is C19H18F2N4O3S. The Morgan fingerprint density at radius 1 is 1.03 bits per heavy atom. The zero-order valence-corrected chi connectivity index (χ0v) is 16.1. The summed E-state index contributed by atoms with van der Waals surface area (Å²) in [7, 11) is -3.60. The van der Waals surface area contributed by atoms with E-state index in [1.165, 1.54) is 22.5 Å². The maximum absolute atomic E-state index is 12.8. The van der Waals surface area contributed by atoms with Crippen LogP contribution < -0.4 is 0 Å². The highest BCUT2D eigenvalue weighted by molar-refractivity contribution is 7.89. The van der Waals surface area contributed by atoms with Gasteiger partial charge in [0.2, 0.25) is 10.0 Å². The van der Waals surface area contributed by atoms with Crippen LogP contribution >= 0.6 is 0 Å². The number of sulfonamides is 1. The molecule has 3 aromatic rings. The van der Waals surface area contributed by atoms with Crippen molar-refractivity contribution in [3.8, 4) is 0 Å². The first kappa shape index (κ1) is 19.5. The van der Waals surface area contributed by atoms with Gasteiger partial charge in [0.25, 0.3) is 12.3 Å². The van der Waals surface area contributed by atoms with Gasteiger partial charge in [-0.05, 0) is 30.3 Å².